The van der Waals surface area contributed by atoms with Crippen LogP contribution in [0.5, 0.6) is 0 Å². The van der Waals surface area contributed by atoms with Gasteiger partial charge in [-0.2, -0.15) is 5.10 Å². The summed E-state index contributed by atoms with van der Waals surface area (Å²) in [4.78, 5) is 4.18. The van der Waals surface area contributed by atoms with Gasteiger partial charge in [-0.05, 0) is 37.5 Å². The molecule has 1 heterocycles. The van der Waals surface area contributed by atoms with Crippen LogP contribution in [-0.2, 0) is 18.6 Å². The molecule has 0 radical (unpaired) electrons. The fourth-order valence-electron chi connectivity index (χ4n) is 2.16. The first-order valence-electron chi connectivity index (χ1n) is 6.79. The molecule has 1 atom stereocenters. The van der Waals surface area contributed by atoms with E-state index in [1.54, 1.807) is 30.7 Å². The molecule has 1 aromatic heterocycles. The maximum atomic E-state index is 13.6. The van der Waals surface area contributed by atoms with Crippen LogP contribution in [0.4, 0.5) is 4.39 Å². The summed E-state index contributed by atoms with van der Waals surface area (Å²) in [7, 11) is 0. The summed E-state index contributed by atoms with van der Waals surface area (Å²) in [5, 5.41) is 14.8. The minimum absolute atomic E-state index is 0.301. The highest BCUT2D eigenvalue weighted by Gasteiger charge is 2.26. The molecule has 0 saturated carbocycles. The van der Waals surface area contributed by atoms with E-state index in [1.165, 1.54) is 12.4 Å². The Kier molecular flexibility index (Phi) is 4.18. The van der Waals surface area contributed by atoms with E-state index in [0.29, 0.717) is 23.4 Å². The van der Waals surface area contributed by atoms with Gasteiger partial charge in [-0.15, -0.1) is 0 Å². The Hall–Kier alpha value is -1.75. The van der Waals surface area contributed by atoms with Gasteiger partial charge in [0.25, 0.3) is 0 Å². The Balaban J connectivity index is 2.25. The number of aryl methyl sites for hydroxylation is 2. The second kappa shape index (κ2) is 5.71. The molecule has 0 aliphatic rings. The van der Waals surface area contributed by atoms with Crippen molar-refractivity contribution in [1.29, 1.82) is 0 Å². The zero-order chi connectivity index (χ0) is 14.8. The van der Waals surface area contributed by atoms with Gasteiger partial charge in [-0.1, -0.05) is 19.1 Å². The van der Waals surface area contributed by atoms with Crippen LogP contribution < -0.4 is 0 Å². The number of nitrogens with zero attached hydrogens (tertiary/aromatic N) is 3. The molecular weight excluding hydrogens is 257 g/mol. The van der Waals surface area contributed by atoms with Crippen molar-refractivity contribution in [2.45, 2.75) is 45.8 Å². The highest BCUT2D eigenvalue weighted by atomic mass is 19.1. The third-order valence-corrected chi connectivity index (χ3v) is 3.43. The summed E-state index contributed by atoms with van der Waals surface area (Å²) in [6.45, 7) is 6.18. The fraction of sp³-hybridized carbons (Fsp3) is 0.467. The number of hydrogen-bond acceptors (Lipinski definition) is 3. The lowest BCUT2D eigenvalue weighted by Crippen LogP contribution is -2.26. The molecule has 0 amide bonds. The average molecular weight is 277 g/mol. The molecule has 1 N–H and O–H groups in total. The van der Waals surface area contributed by atoms with Crippen molar-refractivity contribution < 1.29 is 9.50 Å². The van der Waals surface area contributed by atoms with Crippen molar-refractivity contribution in [3.05, 3.63) is 47.3 Å². The molecule has 1 unspecified atom stereocenters. The Morgan fingerprint density at radius 1 is 1.40 bits per heavy atom. The Morgan fingerprint density at radius 3 is 2.80 bits per heavy atom. The standard InChI is InChI=1S/C15H20FN3O/c1-4-7-19-14(17-10-18-19)9-15(3,20)12-6-5-11(2)13(16)8-12/h5-6,8,10,20H,4,7,9H2,1-3H3. The van der Waals surface area contributed by atoms with Gasteiger partial charge in [0.1, 0.15) is 18.0 Å². The zero-order valence-electron chi connectivity index (χ0n) is 12.1. The molecule has 4 nitrogen and oxygen atoms in total. The second-order valence-electron chi connectivity index (χ2n) is 5.31. The van der Waals surface area contributed by atoms with Crippen LogP contribution in [0.15, 0.2) is 24.5 Å². The monoisotopic (exact) mass is 277 g/mol. The van der Waals surface area contributed by atoms with E-state index in [4.69, 9.17) is 0 Å². The molecule has 2 rings (SSSR count). The number of aliphatic hydroxyl groups is 1. The van der Waals surface area contributed by atoms with Gasteiger partial charge in [0.05, 0.1) is 5.60 Å². The first-order valence-corrected chi connectivity index (χ1v) is 6.79. The van der Waals surface area contributed by atoms with Crippen molar-refractivity contribution in [2.75, 3.05) is 0 Å². The molecule has 108 valence electrons. The van der Waals surface area contributed by atoms with Gasteiger partial charge in [0.15, 0.2) is 0 Å². The van der Waals surface area contributed by atoms with E-state index in [2.05, 4.69) is 17.0 Å². The third kappa shape index (κ3) is 3.04. The van der Waals surface area contributed by atoms with Crippen molar-refractivity contribution in [2.24, 2.45) is 0 Å². The summed E-state index contributed by atoms with van der Waals surface area (Å²) >= 11 is 0. The molecule has 0 bridgehead atoms. The molecule has 0 aliphatic heterocycles. The van der Waals surface area contributed by atoms with Crippen molar-refractivity contribution in [3.8, 4) is 0 Å². The normalized spacial score (nSPS) is 14.2. The van der Waals surface area contributed by atoms with Crippen LogP contribution in [0.1, 0.15) is 37.2 Å². The molecule has 20 heavy (non-hydrogen) atoms. The highest BCUT2D eigenvalue weighted by Crippen LogP contribution is 2.26. The number of rotatable bonds is 5. The minimum Gasteiger partial charge on any atom is -0.385 e. The van der Waals surface area contributed by atoms with Crippen molar-refractivity contribution in [1.82, 2.24) is 14.8 Å². The van der Waals surface area contributed by atoms with Gasteiger partial charge in [0, 0.05) is 13.0 Å². The highest BCUT2D eigenvalue weighted by molar-refractivity contribution is 5.28. The summed E-state index contributed by atoms with van der Waals surface area (Å²) in [5.74, 6) is 0.399. The first-order chi connectivity index (χ1) is 9.44. The lowest BCUT2D eigenvalue weighted by molar-refractivity contribution is 0.0538. The second-order valence-corrected chi connectivity index (χ2v) is 5.31. The van der Waals surface area contributed by atoms with Crippen molar-refractivity contribution >= 4 is 0 Å². The number of halogens is 1. The van der Waals surface area contributed by atoms with E-state index in [-0.39, 0.29) is 5.82 Å². The SMILES string of the molecule is CCCn1ncnc1CC(C)(O)c1ccc(C)c(F)c1. The first kappa shape index (κ1) is 14.7. The van der Waals surface area contributed by atoms with Gasteiger partial charge in [-0.3, -0.25) is 0 Å². The molecule has 0 fully saturated rings. The van der Waals surface area contributed by atoms with Crippen LogP contribution in [0.25, 0.3) is 0 Å². The molecule has 0 aliphatic carbocycles. The largest absolute Gasteiger partial charge is 0.385 e. The maximum Gasteiger partial charge on any atom is 0.138 e. The molecule has 5 heteroatoms. The Bertz CT molecular complexity index is 593. The van der Waals surface area contributed by atoms with E-state index in [0.717, 1.165) is 13.0 Å². The van der Waals surface area contributed by atoms with Crippen LogP contribution >= 0.6 is 0 Å². The number of benzene rings is 1. The summed E-state index contributed by atoms with van der Waals surface area (Å²) in [5.41, 5.74) is -0.0575. The Morgan fingerprint density at radius 2 is 2.15 bits per heavy atom. The van der Waals surface area contributed by atoms with Gasteiger partial charge in [-0.25, -0.2) is 14.1 Å². The average Bonchev–Trinajstić information content (AvgIpc) is 2.80. The van der Waals surface area contributed by atoms with Crippen molar-refractivity contribution in [3.63, 3.8) is 0 Å². The quantitative estimate of drug-likeness (QED) is 0.914. The lowest BCUT2D eigenvalue weighted by atomic mass is 9.91. The van der Waals surface area contributed by atoms with Crippen LogP contribution in [0.3, 0.4) is 0 Å². The van der Waals surface area contributed by atoms with Crippen LogP contribution in [0, 0.1) is 12.7 Å². The zero-order valence-corrected chi connectivity index (χ0v) is 12.1. The fourth-order valence-corrected chi connectivity index (χ4v) is 2.16. The van der Waals surface area contributed by atoms with Crippen LogP contribution in [-0.4, -0.2) is 19.9 Å². The van der Waals surface area contributed by atoms with E-state index >= 15 is 0 Å². The van der Waals surface area contributed by atoms with Gasteiger partial charge in [0.2, 0.25) is 0 Å². The number of hydrogen-bond donors (Lipinski definition) is 1. The predicted molar refractivity (Wildman–Crippen MR) is 74.7 cm³/mol. The van der Waals surface area contributed by atoms with E-state index in [9.17, 15) is 9.50 Å². The molecule has 0 spiro atoms. The lowest BCUT2D eigenvalue weighted by Gasteiger charge is -2.24. The number of aromatic nitrogens is 3. The van der Waals surface area contributed by atoms with Crippen LogP contribution in [0.2, 0.25) is 0 Å². The van der Waals surface area contributed by atoms with Gasteiger partial charge >= 0.3 is 0 Å². The summed E-state index contributed by atoms with van der Waals surface area (Å²) in [6, 6.07) is 4.81. The smallest absolute Gasteiger partial charge is 0.138 e. The minimum atomic E-state index is -1.17. The van der Waals surface area contributed by atoms with E-state index in [1.807, 2.05) is 0 Å². The Labute approximate surface area is 118 Å². The van der Waals surface area contributed by atoms with E-state index < -0.39 is 5.60 Å². The third-order valence-electron chi connectivity index (χ3n) is 3.43. The summed E-state index contributed by atoms with van der Waals surface area (Å²) < 4.78 is 15.4. The summed E-state index contributed by atoms with van der Waals surface area (Å²) in [6.07, 6.45) is 2.73. The molecule has 2 aromatic rings. The van der Waals surface area contributed by atoms with Gasteiger partial charge < -0.3 is 5.11 Å². The topological polar surface area (TPSA) is 50.9 Å². The predicted octanol–water partition coefficient (Wildman–Crippen LogP) is 2.59. The molecular formula is C15H20FN3O. The molecule has 0 saturated heterocycles. The maximum absolute atomic E-state index is 13.6. The molecule has 1 aromatic carbocycles.